The minimum atomic E-state index is 0.250. The lowest BCUT2D eigenvalue weighted by molar-refractivity contribution is 0.161. The number of methoxy groups -OCH3 is 1. The van der Waals surface area contributed by atoms with Crippen LogP contribution in [0.2, 0.25) is 0 Å². The number of hydrogen-bond donors (Lipinski definition) is 1. The molecule has 2 rings (SSSR count). The number of hydrogen-bond acceptors (Lipinski definition) is 4. The first-order valence-corrected chi connectivity index (χ1v) is 5.23. The summed E-state index contributed by atoms with van der Waals surface area (Å²) in [7, 11) is 1.59. The molecule has 1 aromatic heterocycles. The predicted octanol–water partition coefficient (Wildman–Crippen LogP) is 2.80. The zero-order chi connectivity index (χ0) is 11.7. The van der Waals surface area contributed by atoms with Crippen LogP contribution < -0.4 is 0 Å². The molecule has 0 saturated heterocycles. The number of oxazole rings is 1. The third-order valence-electron chi connectivity index (χ3n) is 2.47. The van der Waals surface area contributed by atoms with E-state index in [0.717, 1.165) is 5.56 Å². The zero-order valence-electron chi connectivity index (χ0n) is 9.65. The monoisotopic (exact) mass is 221 g/mol. The van der Waals surface area contributed by atoms with Crippen molar-refractivity contribution in [1.29, 1.82) is 0 Å². The Morgan fingerprint density at radius 1 is 1.44 bits per heavy atom. The summed E-state index contributed by atoms with van der Waals surface area (Å²) in [5.74, 6) is 1.04. The van der Waals surface area contributed by atoms with Gasteiger partial charge in [0.25, 0.3) is 0 Å². The molecule has 4 heteroatoms. The highest BCUT2D eigenvalue weighted by atomic mass is 16.5. The van der Waals surface area contributed by atoms with E-state index < -0.39 is 0 Å². The van der Waals surface area contributed by atoms with Gasteiger partial charge in [0.2, 0.25) is 5.89 Å². The van der Waals surface area contributed by atoms with E-state index in [0.29, 0.717) is 23.6 Å². The number of ether oxygens (including phenoxy) is 1. The Bertz CT molecular complexity index is 502. The van der Waals surface area contributed by atoms with Crippen LogP contribution in [0.3, 0.4) is 0 Å². The first-order chi connectivity index (χ1) is 7.61. The number of phenols is 1. The van der Waals surface area contributed by atoms with E-state index in [-0.39, 0.29) is 11.7 Å². The van der Waals surface area contributed by atoms with Crippen molar-refractivity contribution in [1.82, 2.24) is 4.98 Å². The Morgan fingerprint density at radius 3 is 2.81 bits per heavy atom. The van der Waals surface area contributed by atoms with Gasteiger partial charge < -0.3 is 14.3 Å². The summed E-state index contributed by atoms with van der Waals surface area (Å²) >= 11 is 0. The predicted molar refractivity (Wildman–Crippen MR) is 60.5 cm³/mol. The van der Waals surface area contributed by atoms with Crippen molar-refractivity contribution in [3.63, 3.8) is 0 Å². The molecule has 4 nitrogen and oxygen atoms in total. The van der Waals surface area contributed by atoms with E-state index in [2.05, 4.69) is 4.98 Å². The second kappa shape index (κ2) is 4.14. The highest BCUT2D eigenvalue weighted by molar-refractivity contribution is 5.76. The summed E-state index contributed by atoms with van der Waals surface area (Å²) < 4.78 is 10.5. The number of benzene rings is 1. The molecule has 0 unspecified atom stereocenters. The van der Waals surface area contributed by atoms with Gasteiger partial charge in [-0.3, -0.25) is 0 Å². The number of aromatic hydroxyl groups is 1. The molecule has 0 atom stereocenters. The summed E-state index contributed by atoms with van der Waals surface area (Å²) in [6.07, 6.45) is 0. The van der Waals surface area contributed by atoms with Gasteiger partial charge in [-0.25, -0.2) is 4.98 Å². The van der Waals surface area contributed by atoms with E-state index in [9.17, 15) is 5.11 Å². The first kappa shape index (κ1) is 11.0. The lowest BCUT2D eigenvalue weighted by Crippen LogP contribution is -1.87. The molecular formula is C12H15NO3. The molecule has 0 radical (unpaired) electrons. The molecule has 1 heterocycles. The van der Waals surface area contributed by atoms with Gasteiger partial charge >= 0.3 is 0 Å². The van der Waals surface area contributed by atoms with Crippen LogP contribution in [0.1, 0.15) is 31.2 Å². The fourth-order valence-electron chi connectivity index (χ4n) is 1.67. The van der Waals surface area contributed by atoms with E-state index in [1.165, 1.54) is 0 Å². The van der Waals surface area contributed by atoms with Gasteiger partial charge in [0.1, 0.15) is 17.9 Å². The van der Waals surface area contributed by atoms with Crippen molar-refractivity contribution < 1.29 is 14.3 Å². The number of phenolic OH excluding ortho intramolecular Hbond substituents is 1. The third kappa shape index (κ3) is 1.88. The summed E-state index contributed by atoms with van der Waals surface area (Å²) in [5.41, 5.74) is 2.22. The van der Waals surface area contributed by atoms with Crippen molar-refractivity contribution in [2.75, 3.05) is 7.11 Å². The van der Waals surface area contributed by atoms with Gasteiger partial charge in [0.05, 0.1) is 0 Å². The first-order valence-electron chi connectivity index (χ1n) is 5.23. The van der Waals surface area contributed by atoms with Crippen LogP contribution in [-0.2, 0) is 11.3 Å². The molecule has 2 aromatic rings. The van der Waals surface area contributed by atoms with Crippen molar-refractivity contribution >= 4 is 11.1 Å². The standard InChI is InChI=1S/C12H15NO3/c1-7(2)8-4-11-9(5-10(8)14)13-12(16-11)6-15-3/h4-5,7,14H,6H2,1-3H3. The van der Waals surface area contributed by atoms with E-state index in [1.807, 2.05) is 19.9 Å². The van der Waals surface area contributed by atoms with Crippen molar-refractivity contribution in [3.05, 3.63) is 23.6 Å². The molecule has 1 aromatic carbocycles. The summed E-state index contributed by atoms with van der Waals surface area (Å²) in [5, 5.41) is 9.81. The maximum Gasteiger partial charge on any atom is 0.221 e. The summed E-state index contributed by atoms with van der Waals surface area (Å²) in [4.78, 5) is 4.21. The topological polar surface area (TPSA) is 55.5 Å². The molecule has 0 aliphatic heterocycles. The molecule has 0 aliphatic rings. The molecule has 86 valence electrons. The second-order valence-electron chi connectivity index (χ2n) is 4.07. The maximum atomic E-state index is 9.81. The third-order valence-corrected chi connectivity index (χ3v) is 2.47. The number of nitrogens with zero attached hydrogens (tertiary/aromatic N) is 1. The average Bonchev–Trinajstić information content (AvgIpc) is 2.58. The van der Waals surface area contributed by atoms with Crippen LogP contribution in [0.15, 0.2) is 16.5 Å². The largest absolute Gasteiger partial charge is 0.508 e. The van der Waals surface area contributed by atoms with Crippen LogP contribution in [-0.4, -0.2) is 17.2 Å². The number of aromatic nitrogens is 1. The van der Waals surface area contributed by atoms with Gasteiger partial charge in [-0.15, -0.1) is 0 Å². The van der Waals surface area contributed by atoms with Gasteiger partial charge in [0.15, 0.2) is 5.58 Å². The Kier molecular flexibility index (Phi) is 2.83. The number of fused-ring (bicyclic) bond motifs is 1. The molecule has 1 N–H and O–H groups in total. The fourth-order valence-corrected chi connectivity index (χ4v) is 1.67. The highest BCUT2D eigenvalue weighted by Crippen LogP contribution is 2.30. The lowest BCUT2D eigenvalue weighted by atomic mass is 10.0. The minimum absolute atomic E-state index is 0.250. The Hall–Kier alpha value is -1.55. The molecule has 0 fully saturated rings. The summed E-state index contributed by atoms with van der Waals surface area (Å²) in [6.45, 7) is 4.38. The average molecular weight is 221 g/mol. The zero-order valence-corrected chi connectivity index (χ0v) is 9.65. The number of rotatable bonds is 3. The summed E-state index contributed by atoms with van der Waals surface area (Å²) in [6, 6.07) is 3.47. The molecule has 0 saturated carbocycles. The van der Waals surface area contributed by atoms with Crippen LogP contribution in [0.4, 0.5) is 0 Å². The molecule has 16 heavy (non-hydrogen) atoms. The van der Waals surface area contributed by atoms with Gasteiger partial charge in [-0.1, -0.05) is 13.8 Å². The van der Waals surface area contributed by atoms with E-state index in [4.69, 9.17) is 9.15 Å². The normalized spacial score (nSPS) is 11.5. The van der Waals surface area contributed by atoms with Crippen molar-refractivity contribution in [3.8, 4) is 5.75 Å². The highest BCUT2D eigenvalue weighted by Gasteiger charge is 2.12. The fraction of sp³-hybridized carbons (Fsp3) is 0.417. The molecule has 0 bridgehead atoms. The lowest BCUT2D eigenvalue weighted by Gasteiger charge is -2.06. The smallest absolute Gasteiger partial charge is 0.221 e. The van der Waals surface area contributed by atoms with E-state index in [1.54, 1.807) is 13.2 Å². The molecule has 0 aliphatic carbocycles. The SMILES string of the molecule is COCc1nc2cc(O)c(C(C)C)cc2o1. The van der Waals surface area contributed by atoms with Crippen molar-refractivity contribution in [2.45, 2.75) is 26.4 Å². The Labute approximate surface area is 93.9 Å². The molecule has 0 spiro atoms. The van der Waals surface area contributed by atoms with Crippen LogP contribution in [0.25, 0.3) is 11.1 Å². The van der Waals surface area contributed by atoms with Crippen LogP contribution in [0.5, 0.6) is 5.75 Å². The minimum Gasteiger partial charge on any atom is -0.508 e. The van der Waals surface area contributed by atoms with Gasteiger partial charge in [-0.2, -0.15) is 0 Å². The molecule has 0 amide bonds. The van der Waals surface area contributed by atoms with Gasteiger partial charge in [0, 0.05) is 18.7 Å². The maximum absolute atomic E-state index is 9.81. The van der Waals surface area contributed by atoms with Crippen LogP contribution in [0, 0.1) is 0 Å². The van der Waals surface area contributed by atoms with Crippen molar-refractivity contribution in [2.24, 2.45) is 0 Å². The Balaban J connectivity index is 2.52. The molecular weight excluding hydrogens is 206 g/mol. The Morgan fingerprint density at radius 2 is 2.19 bits per heavy atom. The second-order valence-corrected chi connectivity index (χ2v) is 4.07. The van der Waals surface area contributed by atoms with E-state index >= 15 is 0 Å². The van der Waals surface area contributed by atoms with Gasteiger partial charge in [-0.05, 0) is 12.0 Å². The quantitative estimate of drug-likeness (QED) is 0.865. The van der Waals surface area contributed by atoms with Crippen LogP contribution >= 0.6 is 0 Å².